The molecule has 1 aromatic carbocycles. The van der Waals surface area contributed by atoms with Crippen molar-refractivity contribution in [2.75, 3.05) is 13.7 Å². The molecule has 5 heteroatoms. The SMILES string of the molecule is COc1ccc(CNCC2CCCn3ccnc32)cc1C#N. The molecular weight excluding hydrogens is 276 g/mol. The highest BCUT2D eigenvalue weighted by atomic mass is 16.5. The van der Waals surface area contributed by atoms with Crippen LogP contribution in [0.25, 0.3) is 0 Å². The summed E-state index contributed by atoms with van der Waals surface area (Å²) in [4.78, 5) is 4.48. The number of methoxy groups -OCH3 is 1. The maximum atomic E-state index is 9.13. The number of aromatic nitrogens is 2. The quantitative estimate of drug-likeness (QED) is 0.920. The molecule has 2 aromatic rings. The molecule has 0 aliphatic carbocycles. The minimum absolute atomic E-state index is 0.470. The molecule has 2 heterocycles. The van der Waals surface area contributed by atoms with Crippen molar-refractivity contribution < 1.29 is 4.74 Å². The number of fused-ring (bicyclic) bond motifs is 1. The van der Waals surface area contributed by atoms with Crippen LogP contribution in [0, 0.1) is 11.3 Å². The first-order chi connectivity index (χ1) is 10.8. The Morgan fingerprint density at radius 1 is 1.50 bits per heavy atom. The highest BCUT2D eigenvalue weighted by molar-refractivity contribution is 5.45. The van der Waals surface area contributed by atoms with Crippen molar-refractivity contribution in [2.45, 2.75) is 31.8 Å². The van der Waals surface area contributed by atoms with Crippen molar-refractivity contribution in [1.29, 1.82) is 5.26 Å². The van der Waals surface area contributed by atoms with Crippen LogP contribution < -0.4 is 10.1 Å². The summed E-state index contributed by atoms with van der Waals surface area (Å²) in [6.45, 7) is 2.73. The Balaban J connectivity index is 1.59. The van der Waals surface area contributed by atoms with Gasteiger partial charge in [-0.3, -0.25) is 0 Å². The van der Waals surface area contributed by atoms with E-state index in [1.165, 1.54) is 18.7 Å². The molecule has 0 bridgehead atoms. The fraction of sp³-hybridized carbons (Fsp3) is 0.412. The Hall–Kier alpha value is -2.32. The third-order valence-corrected chi connectivity index (χ3v) is 4.17. The molecule has 0 spiro atoms. The van der Waals surface area contributed by atoms with Crippen LogP contribution in [0.5, 0.6) is 5.75 Å². The van der Waals surface area contributed by atoms with Crippen LogP contribution in [0.4, 0.5) is 0 Å². The van der Waals surface area contributed by atoms with Gasteiger partial charge in [-0.2, -0.15) is 5.26 Å². The zero-order valence-corrected chi connectivity index (χ0v) is 12.7. The molecule has 0 saturated carbocycles. The number of nitrogens with zero attached hydrogens (tertiary/aromatic N) is 3. The normalized spacial score (nSPS) is 16.8. The van der Waals surface area contributed by atoms with Crippen LogP contribution in [-0.4, -0.2) is 23.2 Å². The minimum atomic E-state index is 0.470. The number of hydrogen-bond donors (Lipinski definition) is 1. The number of imidazole rings is 1. The van der Waals surface area contributed by atoms with Crippen LogP contribution in [0.2, 0.25) is 0 Å². The number of nitrogens with one attached hydrogen (secondary N) is 1. The van der Waals surface area contributed by atoms with Gasteiger partial charge in [0.25, 0.3) is 0 Å². The fourth-order valence-electron chi connectivity index (χ4n) is 3.04. The predicted octanol–water partition coefficient (Wildman–Crippen LogP) is 2.43. The maximum absolute atomic E-state index is 9.13. The lowest BCUT2D eigenvalue weighted by molar-refractivity contribution is 0.412. The summed E-state index contributed by atoms with van der Waals surface area (Å²) in [6, 6.07) is 7.90. The molecule has 114 valence electrons. The molecule has 1 aliphatic rings. The number of hydrogen-bond acceptors (Lipinski definition) is 4. The Labute approximate surface area is 130 Å². The highest BCUT2D eigenvalue weighted by Crippen LogP contribution is 2.25. The lowest BCUT2D eigenvalue weighted by Gasteiger charge is -2.23. The van der Waals surface area contributed by atoms with Crippen molar-refractivity contribution in [1.82, 2.24) is 14.9 Å². The molecule has 0 radical (unpaired) electrons. The molecular formula is C17H20N4O. The summed E-state index contributed by atoms with van der Waals surface area (Å²) in [5, 5.41) is 12.6. The Morgan fingerprint density at radius 3 is 3.23 bits per heavy atom. The van der Waals surface area contributed by atoms with E-state index in [2.05, 4.69) is 27.1 Å². The summed E-state index contributed by atoms with van der Waals surface area (Å²) in [5.41, 5.74) is 1.67. The molecule has 3 rings (SSSR count). The Bertz CT molecular complexity index is 686. The van der Waals surface area contributed by atoms with Crippen LogP contribution in [0.1, 0.15) is 35.7 Å². The monoisotopic (exact) mass is 296 g/mol. The third kappa shape index (κ3) is 2.97. The van der Waals surface area contributed by atoms with Crippen molar-refractivity contribution in [3.63, 3.8) is 0 Å². The van der Waals surface area contributed by atoms with E-state index in [0.717, 1.165) is 25.2 Å². The molecule has 1 unspecified atom stereocenters. The maximum Gasteiger partial charge on any atom is 0.136 e. The van der Waals surface area contributed by atoms with Gasteiger partial charge in [-0.1, -0.05) is 6.07 Å². The molecule has 0 fully saturated rings. The van der Waals surface area contributed by atoms with E-state index >= 15 is 0 Å². The zero-order chi connectivity index (χ0) is 15.4. The van der Waals surface area contributed by atoms with Gasteiger partial charge in [-0.15, -0.1) is 0 Å². The first-order valence-corrected chi connectivity index (χ1v) is 7.60. The molecule has 22 heavy (non-hydrogen) atoms. The third-order valence-electron chi connectivity index (χ3n) is 4.17. The first-order valence-electron chi connectivity index (χ1n) is 7.60. The lowest BCUT2D eigenvalue weighted by atomic mass is 9.99. The van der Waals surface area contributed by atoms with Crippen molar-refractivity contribution in [2.24, 2.45) is 0 Å². The van der Waals surface area contributed by atoms with E-state index in [4.69, 9.17) is 10.00 Å². The van der Waals surface area contributed by atoms with E-state index in [9.17, 15) is 0 Å². The second-order valence-electron chi connectivity index (χ2n) is 5.60. The molecule has 0 saturated heterocycles. The second kappa shape index (κ2) is 6.63. The summed E-state index contributed by atoms with van der Waals surface area (Å²) in [7, 11) is 1.58. The van der Waals surface area contributed by atoms with Gasteiger partial charge in [0.2, 0.25) is 0 Å². The van der Waals surface area contributed by atoms with E-state index in [-0.39, 0.29) is 0 Å². The number of ether oxygens (including phenoxy) is 1. The van der Waals surface area contributed by atoms with Gasteiger partial charge in [0.05, 0.1) is 12.7 Å². The zero-order valence-electron chi connectivity index (χ0n) is 12.7. The number of nitriles is 1. The van der Waals surface area contributed by atoms with Crippen LogP contribution in [0.3, 0.4) is 0 Å². The van der Waals surface area contributed by atoms with E-state index in [1.54, 1.807) is 7.11 Å². The van der Waals surface area contributed by atoms with E-state index in [1.807, 2.05) is 24.4 Å². The highest BCUT2D eigenvalue weighted by Gasteiger charge is 2.20. The molecule has 1 aromatic heterocycles. The minimum Gasteiger partial charge on any atom is -0.495 e. The molecule has 1 atom stereocenters. The smallest absolute Gasteiger partial charge is 0.136 e. The molecule has 5 nitrogen and oxygen atoms in total. The van der Waals surface area contributed by atoms with Crippen LogP contribution >= 0.6 is 0 Å². The fourth-order valence-corrected chi connectivity index (χ4v) is 3.04. The van der Waals surface area contributed by atoms with Gasteiger partial charge in [0.1, 0.15) is 17.6 Å². The average Bonchev–Trinajstić information content (AvgIpc) is 3.04. The average molecular weight is 296 g/mol. The van der Waals surface area contributed by atoms with Crippen molar-refractivity contribution in [3.05, 3.63) is 47.5 Å². The molecule has 1 aliphatic heterocycles. The Morgan fingerprint density at radius 2 is 2.41 bits per heavy atom. The summed E-state index contributed by atoms with van der Waals surface area (Å²) < 4.78 is 7.41. The first kappa shape index (κ1) is 14.6. The second-order valence-corrected chi connectivity index (χ2v) is 5.60. The Kier molecular flexibility index (Phi) is 4.40. The molecule has 1 N–H and O–H groups in total. The number of benzene rings is 1. The van der Waals surface area contributed by atoms with Crippen molar-refractivity contribution >= 4 is 0 Å². The summed E-state index contributed by atoms with van der Waals surface area (Å²) in [6.07, 6.45) is 6.33. The predicted molar refractivity (Wildman–Crippen MR) is 83.6 cm³/mol. The van der Waals surface area contributed by atoms with Gasteiger partial charge in [-0.05, 0) is 30.5 Å². The summed E-state index contributed by atoms with van der Waals surface area (Å²) >= 11 is 0. The lowest BCUT2D eigenvalue weighted by Crippen LogP contribution is -2.26. The molecule has 0 amide bonds. The van der Waals surface area contributed by atoms with Crippen molar-refractivity contribution in [3.8, 4) is 11.8 Å². The van der Waals surface area contributed by atoms with Gasteiger partial charge >= 0.3 is 0 Å². The number of rotatable bonds is 5. The number of aryl methyl sites for hydroxylation is 1. The van der Waals surface area contributed by atoms with E-state index in [0.29, 0.717) is 17.2 Å². The van der Waals surface area contributed by atoms with Gasteiger partial charge in [0.15, 0.2) is 0 Å². The van der Waals surface area contributed by atoms with Crippen LogP contribution in [0.15, 0.2) is 30.6 Å². The van der Waals surface area contributed by atoms with Gasteiger partial charge in [0, 0.05) is 37.9 Å². The standard InChI is InChI=1S/C17H20N4O/c1-22-16-5-4-13(9-15(16)10-18)11-19-12-14-3-2-7-21-8-6-20-17(14)21/h4-6,8-9,14,19H,2-3,7,11-12H2,1H3. The van der Waals surface area contributed by atoms with Gasteiger partial charge in [-0.25, -0.2) is 4.98 Å². The summed E-state index contributed by atoms with van der Waals surface area (Å²) in [5.74, 6) is 2.28. The van der Waals surface area contributed by atoms with Crippen LogP contribution in [-0.2, 0) is 13.1 Å². The van der Waals surface area contributed by atoms with Gasteiger partial charge < -0.3 is 14.6 Å². The topological polar surface area (TPSA) is 62.9 Å². The largest absolute Gasteiger partial charge is 0.495 e. The van der Waals surface area contributed by atoms with E-state index < -0.39 is 0 Å².